The maximum absolute atomic E-state index is 12.8. The van der Waals surface area contributed by atoms with Gasteiger partial charge in [0.05, 0.1) is 18.9 Å². The summed E-state index contributed by atoms with van der Waals surface area (Å²) in [5.41, 5.74) is 4.80. The van der Waals surface area contributed by atoms with Crippen LogP contribution in [0.1, 0.15) is 21.5 Å². The maximum Gasteiger partial charge on any atom is 0.275 e. The zero-order valence-electron chi connectivity index (χ0n) is 17.4. The van der Waals surface area contributed by atoms with Crippen molar-refractivity contribution in [1.29, 1.82) is 0 Å². The molecule has 0 atom stereocenters. The lowest BCUT2D eigenvalue weighted by molar-refractivity contribution is 0.0952. The second kappa shape index (κ2) is 10.1. The third-order valence-electron chi connectivity index (χ3n) is 4.89. The molecule has 4 rings (SSSR count). The van der Waals surface area contributed by atoms with Gasteiger partial charge in [-0.25, -0.2) is 5.43 Å². The molecule has 0 saturated carbocycles. The third kappa shape index (κ3) is 5.15. The van der Waals surface area contributed by atoms with E-state index < -0.39 is 0 Å². The molecule has 160 valence electrons. The van der Waals surface area contributed by atoms with Crippen molar-refractivity contribution >= 4 is 38.8 Å². The van der Waals surface area contributed by atoms with E-state index >= 15 is 0 Å². The van der Waals surface area contributed by atoms with Crippen LogP contribution < -0.4 is 14.9 Å². The Hall–Kier alpha value is -3.64. The second-order valence-electron chi connectivity index (χ2n) is 7.06. The van der Waals surface area contributed by atoms with Gasteiger partial charge in [-0.15, -0.1) is 0 Å². The van der Waals surface area contributed by atoms with Gasteiger partial charge in [0, 0.05) is 10.0 Å². The highest BCUT2D eigenvalue weighted by molar-refractivity contribution is 9.10. The Kier molecular flexibility index (Phi) is 6.82. The topological polar surface area (TPSA) is 59.9 Å². The number of methoxy groups -OCH3 is 1. The third-order valence-corrected chi connectivity index (χ3v) is 5.38. The van der Waals surface area contributed by atoms with Gasteiger partial charge in [0.25, 0.3) is 5.91 Å². The van der Waals surface area contributed by atoms with Gasteiger partial charge in [-0.05, 0) is 46.7 Å². The quantitative estimate of drug-likeness (QED) is 0.258. The molecule has 5 nitrogen and oxygen atoms in total. The predicted molar refractivity (Wildman–Crippen MR) is 130 cm³/mol. The molecule has 0 heterocycles. The van der Waals surface area contributed by atoms with Crippen LogP contribution in [0.4, 0.5) is 0 Å². The van der Waals surface area contributed by atoms with Crippen molar-refractivity contribution in [2.45, 2.75) is 6.61 Å². The summed E-state index contributed by atoms with van der Waals surface area (Å²) in [5, 5.41) is 6.10. The number of rotatable bonds is 7. The van der Waals surface area contributed by atoms with Crippen LogP contribution in [0.15, 0.2) is 94.5 Å². The summed E-state index contributed by atoms with van der Waals surface area (Å²) in [6.45, 7) is 0.434. The minimum absolute atomic E-state index is 0.356. The number of halogens is 1. The molecule has 0 radical (unpaired) electrons. The van der Waals surface area contributed by atoms with E-state index in [2.05, 4.69) is 26.5 Å². The van der Waals surface area contributed by atoms with Crippen molar-refractivity contribution < 1.29 is 14.3 Å². The number of hydrogen-bond acceptors (Lipinski definition) is 4. The fourth-order valence-electron chi connectivity index (χ4n) is 3.27. The Bertz CT molecular complexity index is 1270. The minimum Gasteiger partial charge on any atom is -0.496 e. The van der Waals surface area contributed by atoms with Crippen LogP contribution in [0.25, 0.3) is 10.8 Å². The summed E-state index contributed by atoms with van der Waals surface area (Å²) in [5.74, 6) is 0.801. The standard InChI is InChI=1S/C26H21BrN2O3/c1-31-25-15-20-10-6-5-9-19(20)14-23(25)26(30)29-28-16-21-13-22(27)11-12-24(21)32-17-18-7-3-2-4-8-18/h2-16H,17H2,1H3,(H,29,30). The molecule has 1 N–H and O–H groups in total. The molecule has 6 heteroatoms. The van der Waals surface area contributed by atoms with Gasteiger partial charge >= 0.3 is 0 Å². The number of hydrazone groups is 1. The molecule has 0 aliphatic heterocycles. The highest BCUT2D eigenvalue weighted by Gasteiger charge is 2.13. The van der Waals surface area contributed by atoms with Gasteiger partial charge in [0.2, 0.25) is 0 Å². The largest absolute Gasteiger partial charge is 0.496 e. The van der Waals surface area contributed by atoms with Crippen LogP contribution in [0.5, 0.6) is 11.5 Å². The average molecular weight is 489 g/mol. The molecule has 0 saturated heterocycles. The van der Waals surface area contributed by atoms with Crippen molar-refractivity contribution in [3.63, 3.8) is 0 Å². The van der Waals surface area contributed by atoms with Gasteiger partial charge in [0.15, 0.2) is 0 Å². The first-order valence-corrected chi connectivity index (χ1v) is 10.8. The Morgan fingerprint density at radius 2 is 1.66 bits per heavy atom. The molecule has 32 heavy (non-hydrogen) atoms. The number of fused-ring (bicyclic) bond motifs is 1. The first-order chi connectivity index (χ1) is 15.6. The van der Waals surface area contributed by atoms with E-state index in [0.29, 0.717) is 23.7 Å². The number of benzene rings is 4. The van der Waals surface area contributed by atoms with Crippen LogP contribution >= 0.6 is 15.9 Å². The highest BCUT2D eigenvalue weighted by Crippen LogP contribution is 2.26. The molecule has 1 amide bonds. The molecule has 0 unspecified atom stereocenters. The van der Waals surface area contributed by atoms with Crippen molar-refractivity contribution in [1.82, 2.24) is 5.43 Å². The zero-order valence-corrected chi connectivity index (χ0v) is 19.0. The second-order valence-corrected chi connectivity index (χ2v) is 7.97. The van der Waals surface area contributed by atoms with Crippen molar-refractivity contribution in [2.75, 3.05) is 7.11 Å². The van der Waals surface area contributed by atoms with E-state index in [0.717, 1.165) is 26.4 Å². The minimum atomic E-state index is -0.356. The smallest absolute Gasteiger partial charge is 0.275 e. The lowest BCUT2D eigenvalue weighted by Gasteiger charge is -2.10. The van der Waals surface area contributed by atoms with Crippen molar-refractivity contribution in [2.24, 2.45) is 5.10 Å². The highest BCUT2D eigenvalue weighted by atomic mass is 79.9. The van der Waals surface area contributed by atoms with E-state index in [-0.39, 0.29) is 5.91 Å². The molecular formula is C26H21BrN2O3. The number of carbonyl (C=O) groups is 1. The fourth-order valence-corrected chi connectivity index (χ4v) is 3.65. The van der Waals surface area contributed by atoms with Crippen LogP contribution in [0.2, 0.25) is 0 Å². The Balaban J connectivity index is 1.51. The van der Waals surface area contributed by atoms with E-state index in [1.807, 2.05) is 78.9 Å². The van der Waals surface area contributed by atoms with E-state index in [1.54, 1.807) is 19.4 Å². The van der Waals surface area contributed by atoms with Crippen molar-refractivity contribution in [3.8, 4) is 11.5 Å². The summed E-state index contributed by atoms with van der Waals surface area (Å²) in [6.07, 6.45) is 1.57. The fraction of sp³-hybridized carbons (Fsp3) is 0.0769. The molecule has 0 spiro atoms. The van der Waals surface area contributed by atoms with Crippen LogP contribution in [0, 0.1) is 0 Å². The first-order valence-electron chi connectivity index (χ1n) is 10.0. The first kappa shape index (κ1) is 21.6. The van der Waals surface area contributed by atoms with Crippen LogP contribution in [-0.4, -0.2) is 19.2 Å². The molecule has 0 aromatic heterocycles. The maximum atomic E-state index is 12.8. The number of hydrogen-bond donors (Lipinski definition) is 1. The summed E-state index contributed by atoms with van der Waals surface area (Å²) in [7, 11) is 1.54. The summed E-state index contributed by atoms with van der Waals surface area (Å²) >= 11 is 3.47. The Labute approximate surface area is 194 Å². The summed E-state index contributed by atoms with van der Waals surface area (Å²) < 4.78 is 12.3. The van der Waals surface area contributed by atoms with Crippen molar-refractivity contribution in [3.05, 3.63) is 106 Å². The normalized spacial score (nSPS) is 10.9. The molecule has 4 aromatic carbocycles. The van der Waals surface area contributed by atoms with Gasteiger partial charge in [-0.1, -0.05) is 70.5 Å². The van der Waals surface area contributed by atoms with Gasteiger partial charge in [0.1, 0.15) is 18.1 Å². The lowest BCUT2D eigenvalue weighted by Crippen LogP contribution is -2.18. The van der Waals surface area contributed by atoms with Crippen LogP contribution in [0.3, 0.4) is 0 Å². The number of ether oxygens (including phenoxy) is 2. The Morgan fingerprint density at radius 1 is 0.938 bits per heavy atom. The predicted octanol–water partition coefficient (Wildman–Crippen LogP) is 5.95. The van der Waals surface area contributed by atoms with E-state index in [9.17, 15) is 4.79 Å². The molecule has 0 aliphatic carbocycles. The van der Waals surface area contributed by atoms with Gasteiger partial charge in [-0.2, -0.15) is 5.10 Å². The summed E-state index contributed by atoms with van der Waals surface area (Å²) in [6, 6.07) is 27.0. The van der Waals surface area contributed by atoms with Crippen LogP contribution in [-0.2, 0) is 6.61 Å². The van der Waals surface area contributed by atoms with E-state index in [1.165, 1.54) is 0 Å². The molecule has 0 aliphatic rings. The van der Waals surface area contributed by atoms with Gasteiger partial charge < -0.3 is 9.47 Å². The molecular weight excluding hydrogens is 468 g/mol. The molecule has 4 aromatic rings. The number of nitrogens with one attached hydrogen (secondary N) is 1. The summed E-state index contributed by atoms with van der Waals surface area (Å²) in [4.78, 5) is 12.8. The monoisotopic (exact) mass is 488 g/mol. The molecule has 0 fully saturated rings. The number of amides is 1. The zero-order chi connectivity index (χ0) is 22.3. The number of nitrogens with zero attached hydrogens (tertiary/aromatic N) is 1. The molecule has 0 bridgehead atoms. The average Bonchev–Trinajstić information content (AvgIpc) is 2.83. The Morgan fingerprint density at radius 3 is 2.41 bits per heavy atom. The van der Waals surface area contributed by atoms with Gasteiger partial charge in [-0.3, -0.25) is 4.79 Å². The number of carbonyl (C=O) groups excluding carboxylic acids is 1. The SMILES string of the molecule is COc1cc2ccccc2cc1C(=O)NN=Cc1cc(Br)ccc1OCc1ccccc1. The lowest BCUT2D eigenvalue weighted by atomic mass is 10.1. The van der Waals surface area contributed by atoms with E-state index in [4.69, 9.17) is 9.47 Å².